The minimum absolute atomic E-state index is 0.0762. The monoisotopic (exact) mass is 271 g/mol. The number of carboxylic acid groups (broad SMARTS) is 1. The number of anilines is 1. The van der Waals surface area contributed by atoms with E-state index in [9.17, 15) is 9.59 Å². The maximum absolute atomic E-state index is 11.5. The van der Waals surface area contributed by atoms with Gasteiger partial charge in [0.05, 0.1) is 29.3 Å². The molecule has 0 saturated heterocycles. The van der Waals surface area contributed by atoms with E-state index in [0.29, 0.717) is 18.9 Å². The van der Waals surface area contributed by atoms with Crippen molar-refractivity contribution in [2.75, 3.05) is 18.5 Å². The van der Waals surface area contributed by atoms with E-state index < -0.39 is 5.97 Å². The van der Waals surface area contributed by atoms with Gasteiger partial charge in [-0.25, -0.2) is 4.79 Å². The number of aromatic carboxylic acids is 1. The molecule has 18 heavy (non-hydrogen) atoms. The van der Waals surface area contributed by atoms with E-state index in [1.165, 1.54) is 18.2 Å². The Bertz CT molecular complexity index is 448. The van der Waals surface area contributed by atoms with Crippen LogP contribution in [0.5, 0.6) is 0 Å². The second kappa shape index (κ2) is 6.98. The molecular formula is C12H14ClNO4. The summed E-state index contributed by atoms with van der Waals surface area (Å²) in [5.74, 6) is -1.29. The fourth-order valence-electron chi connectivity index (χ4n) is 1.27. The van der Waals surface area contributed by atoms with Crippen LogP contribution < -0.4 is 5.32 Å². The van der Waals surface area contributed by atoms with Gasteiger partial charge in [-0.2, -0.15) is 0 Å². The van der Waals surface area contributed by atoms with E-state index in [-0.39, 0.29) is 22.9 Å². The molecule has 0 radical (unpaired) electrons. The van der Waals surface area contributed by atoms with Crippen LogP contribution in [0.4, 0.5) is 5.69 Å². The molecule has 0 atom stereocenters. The second-order valence-corrected chi connectivity index (χ2v) is 3.90. The Balaban J connectivity index is 2.62. The number of nitrogens with one attached hydrogen (secondary N) is 1. The summed E-state index contributed by atoms with van der Waals surface area (Å²) >= 11 is 5.87. The van der Waals surface area contributed by atoms with E-state index in [0.717, 1.165) is 0 Å². The van der Waals surface area contributed by atoms with Gasteiger partial charge in [0.15, 0.2) is 0 Å². The van der Waals surface area contributed by atoms with Gasteiger partial charge >= 0.3 is 5.97 Å². The van der Waals surface area contributed by atoms with Gasteiger partial charge in [-0.15, -0.1) is 0 Å². The highest BCUT2D eigenvalue weighted by Gasteiger charge is 2.09. The zero-order chi connectivity index (χ0) is 13.5. The molecule has 0 saturated carbocycles. The van der Waals surface area contributed by atoms with E-state index in [1.807, 2.05) is 6.92 Å². The number of amides is 1. The van der Waals surface area contributed by atoms with Crippen molar-refractivity contribution in [1.29, 1.82) is 0 Å². The van der Waals surface area contributed by atoms with Crippen molar-refractivity contribution in [3.05, 3.63) is 28.8 Å². The molecule has 5 nitrogen and oxygen atoms in total. The molecule has 1 amide bonds. The number of hydrogen-bond acceptors (Lipinski definition) is 3. The third-order valence-electron chi connectivity index (χ3n) is 2.17. The van der Waals surface area contributed by atoms with Gasteiger partial charge in [-0.05, 0) is 25.1 Å². The van der Waals surface area contributed by atoms with Crippen molar-refractivity contribution in [3.8, 4) is 0 Å². The molecule has 1 rings (SSSR count). The van der Waals surface area contributed by atoms with Gasteiger partial charge in [0.1, 0.15) is 0 Å². The smallest absolute Gasteiger partial charge is 0.335 e. The molecule has 0 aliphatic carbocycles. The number of hydrogen-bond donors (Lipinski definition) is 2. The van der Waals surface area contributed by atoms with Crippen molar-refractivity contribution in [2.45, 2.75) is 13.3 Å². The molecular weight excluding hydrogens is 258 g/mol. The quantitative estimate of drug-likeness (QED) is 0.779. The topological polar surface area (TPSA) is 75.6 Å². The summed E-state index contributed by atoms with van der Waals surface area (Å²) in [6.45, 7) is 2.74. The normalized spacial score (nSPS) is 10.1. The van der Waals surface area contributed by atoms with Gasteiger partial charge in [0.2, 0.25) is 5.91 Å². The standard InChI is InChI=1S/C12H14ClNO4/c1-2-18-6-5-11(15)14-10-4-3-8(12(16)17)7-9(10)13/h3-4,7H,2,5-6H2,1H3,(H,14,15)(H,16,17). The predicted octanol–water partition coefficient (Wildman–Crippen LogP) is 2.40. The average molecular weight is 272 g/mol. The van der Waals surface area contributed by atoms with Crippen molar-refractivity contribution in [2.24, 2.45) is 0 Å². The predicted molar refractivity (Wildman–Crippen MR) is 68.2 cm³/mol. The highest BCUT2D eigenvalue weighted by molar-refractivity contribution is 6.34. The van der Waals surface area contributed by atoms with Crippen LogP contribution in [0, 0.1) is 0 Å². The maximum Gasteiger partial charge on any atom is 0.335 e. The third kappa shape index (κ3) is 4.35. The summed E-state index contributed by atoms with van der Waals surface area (Å²) in [6, 6.07) is 4.14. The minimum atomic E-state index is -1.06. The zero-order valence-electron chi connectivity index (χ0n) is 9.90. The first-order valence-corrected chi connectivity index (χ1v) is 5.82. The number of carbonyl (C=O) groups is 2. The number of carbonyl (C=O) groups excluding carboxylic acids is 1. The molecule has 0 unspecified atom stereocenters. The largest absolute Gasteiger partial charge is 0.478 e. The van der Waals surface area contributed by atoms with Crippen molar-refractivity contribution < 1.29 is 19.4 Å². The van der Waals surface area contributed by atoms with Gasteiger partial charge in [-0.1, -0.05) is 11.6 Å². The van der Waals surface area contributed by atoms with Crippen LogP contribution in [0.25, 0.3) is 0 Å². The maximum atomic E-state index is 11.5. The lowest BCUT2D eigenvalue weighted by Crippen LogP contribution is -2.14. The number of halogens is 1. The van der Waals surface area contributed by atoms with Crippen LogP contribution in [0.3, 0.4) is 0 Å². The Hall–Kier alpha value is -1.59. The summed E-state index contributed by atoms with van der Waals surface area (Å²) in [6.07, 6.45) is 0.227. The molecule has 0 spiro atoms. The van der Waals surface area contributed by atoms with Crippen molar-refractivity contribution in [3.63, 3.8) is 0 Å². The summed E-state index contributed by atoms with van der Waals surface area (Å²) in [5.41, 5.74) is 0.468. The van der Waals surface area contributed by atoms with Gasteiger partial charge in [0, 0.05) is 6.61 Å². The van der Waals surface area contributed by atoms with Crippen LogP contribution in [0.1, 0.15) is 23.7 Å². The first kappa shape index (κ1) is 14.5. The van der Waals surface area contributed by atoms with Crippen LogP contribution in [0.2, 0.25) is 5.02 Å². The summed E-state index contributed by atoms with van der Waals surface area (Å²) in [7, 11) is 0. The van der Waals surface area contributed by atoms with Crippen LogP contribution >= 0.6 is 11.6 Å². The fourth-order valence-corrected chi connectivity index (χ4v) is 1.50. The summed E-state index contributed by atoms with van der Waals surface area (Å²) in [5, 5.41) is 11.5. The molecule has 1 aromatic rings. The Labute approximate surface area is 110 Å². The molecule has 0 aliphatic rings. The molecule has 1 aromatic carbocycles. The highest BCUT2D eigenvalue weighted by Crippen LogP contribution is 2.23. The van der Waals surface area contributed by atoms with Crippen molar-refractivity contribution in [1.82, 2.24) is 0 Å². The molecule has 0 bridgehead atoms. The third-order valence-corrected chi connectivity index (χ3v) is 2.48. The first-order valence-electron chi connectivity index (χ1n) is 5.45. The van der Waals surface area contributed by atoms with E-state index in [4.69, 9.17) is 21.4 Å². The number of benzene rings is 1. The Kier molecular flexibility index (Phi) is 5.61. The van der Waals surface area contributed by atoms with E-state index >= 15 is 0 Å². The van der Waals surface area contributed by atoms with E-state index in [1.54, 1.807) is 0 Å². The van der Waals surface area contributed by atoms with Crippen LogP contribution in [-0.4, -0.2) is 30.2 Å². The lowest BCUT2D eigenvalue weighted by atomic mass is 10.2. The molecule has 0 aliphatic heterocycles. The van der Waals surface area contributed by atoms with E-state index in [2.05, 4.69) is 5.32 Å². The SMILES string of the molecule is CCOCCC(=O)Nc1ccc(C(=O)O)cc1Cl. The van der Waals surface area contributed by atoms with Gasteiger partial charge in [-0.3, -0.25) is 4.79 Å². The molecule has 2 N–H and O–H groups in total. The zero-order valence-corrected chi connectivity index (χ0v) is 10.7. The van der Waals surface area contributed by atoms with Crippen LogP contribution in [0.15, 0.2) is 18.2 Å². The lowest BCUT2D eigenvalue weighted by molar-refractivity contribution is -0.117. The highest BCUT2D eigenvalue weighted by atomic mass is 35.5. The lowest BCUT2D eigenvalue weighted by Gasteiger charge is -2.07. The van der Waals surface area contributed by atoms with Gasteiger partial charge in [0.25, 0.3) is 0 Å². The summed E-state index contributed by atoms with van der Waals surface area (Å²) < 4.78 is 5.05. The summed E-state index contributed by atoms with van der Waals surface area (Å²) in [4.78, 5) is 22.2. The Morgan fingerprint density at radius 3 is 2.72 bits per heavy atom. The van der Waals surface area contributed by atoms with Crippen molar-refractivity contribution >= 4 is 29.2 Å². The van der Waals surface area contributed by atoms with Gasteiger partial charge < -0.3 is 15.2 Å². The minimum Gasteiger partial charge on any atom is -0.478 e. The number of carboxylic acids is 1. The fraction of sp³-hybridized carbons (Fsp3) is 0.333. The first-order chi connectivity index (χ1) is 8.54. The van der Waals surface area contributed by atoms with Crippen LogP contribution in [-0.2, 0) is 9.53 Å². The Morgan fingerprint density at radius 1 is 1.44 bits per heavy atom. The number of rotatable bonds is 6. The average Bonchev–Trinajstić information content (AvgIpc) is 2.32. The molecule has 0 fully saturated rings. The molecule has 0 heterocycles. The number of ether oxygens (including phenoxy) is 1. The molecule has 0 aromatic heterocycles. The molecule has 6 heteroatoms. The second-order valence-electron chi connectivity index (χ2n) is 3.49. The molecule has 98 valence electrons. The Morgan fingerprint density at radius 2 is 2.17 bits per heavy atom.